The number of aliphatic hydroxyl groups is 2. The van der Waals surface area contributed by atoms with Gasteiger partial charge < -0.3 is 35.6 Å². The number of hydrogen-bond donors (Lipinski definition) is 5. The number of hydrogen-bond acceptors (Lipinski definition) is 9. The van der Waals surface area contributed by atoms with Crippen LogP contribution in [0.25, 0.3) is 11.2 Å². The van der Waals surface area contributed by atoms with E-state index in [9.17, 15) is 15.0 Å². The summed E-state index contributed by atoms with van der Waals surface area (Å²) in [4.78, 5) is 28.8. The van der Waals surface area contributed by atoms with Crippen LogP contribution in [0.15, 0.2) is 67.0 Å². The van der Waals surface area contributed by atoms with Gasteiger partial charge in [0, 0.05) is 45.1 Å². The van der Waals surface area contributed by atoms with Gasteiger partial charge in [-0.3, -0.25) is 4.79 Å². The molecule has 1 aliphatic heterocycles. The summed E-state index contributed by atoms with van der Waals surface area (Å²) < 4.78 is 1.83. The first-order chi connectivity index (χ1) is 20.5. The number of fused-ring (bicyclic) bond motifs is 1. The van der Waals surface area contributed by atoms with Gasteiger partial charge in [0.25, 0.3) is 0 Å². The van der Waals surface area contributed by atoms with Crippen LogP contribution in [0.2, 0.25) is 0 Å². The Balaban J connectivity index is 1.36. The van der Waals surface area contributed by atoms with E-state index >= 15 is 0 Å². The third-order valence-corrected chi connectivity index (χ3v) is 8.36. The quantitative estimate of drug-likeness (QED) is 0.204. The maximum absolute atomic E-state index is 12.1. The Kier molecular flexibility index (Phi) is 8.31. The molecular formula is C31H38N8O3. The SMILES string of the molecule is CCC(=O)N[C@H]1CC(n2cnc3c(NCC(c4ccccc4)c4ccccc4)nc(N4CCNCC4)nc32)[C@H](O)[C@@H]1O. The Labute approximate surface area is 245 Å². The molecule has 1 saturated carbocycles. The second-order valence-corrected chi connectivity index (χ2v) is 11.0. The number of benzene rings is 2. The number of carbonyl (C=O) groups excluding carboxylic acids is 1. The van der Waals surface area contributed by atoms with Crippen LogP contribution in [0, 0.1) is 0 Å². The van der Waals surface area contributed by atoms with E-state index in [1.54, 1.807) is 13.3 Å². The lowest BCUT2D eigenvalue weighted by molar-refractivity contribution is -0.122. The number of aromatic nitrogens is 4. The molecule has 1 amide bonds. The van der Waals surface area contributed by atoms with Crippen LogP contribution in [-0.4, -0.2) is 86.6 Å². The van der Waals surface area contributed by atoms with Crippen molar-refractivity contribution in [2.24, 2.45) is 0 Å². The van der Waals surface area contributed by atoms with E-state index < -0.39 is 24.3 Å². The summed E-state index contributed by atoms with van der Waals surface area (Å²) >= 11 is 0. The molecule has 1 aliphatic carbocycles. The van der Waals surface area contributed by atoms with Crippen LogP contribution in [-0.2, 0) is 4.79 Å². The lowest BCUT2D eigenvalue weighted by Gasteiger charge is -2.28. The van der Waals surface area contributed by atoms with Crippen molar-refractivity contribution >= 4 is 28.8 Å². The van der Waals surface area contributed by atoms with E-state index in [1.165, 1.54) is 11.1 Å². The molecule has 0 bridgehead atoms. The molecule has 1 saturated heterocycles. The van der Waals surface area contributed by atoms with Gasteiger partial charge in [-0.1, -0.05) is 67.6 Å². The lowest BCUT2D eigenvalue weighted by atomic mass is 9.91. The van der Waals surface area contributed by atoms with Crippen molar-refractivity contribution in [3.63, 3.8) is 0 Å². The second-order valence-electron chi connectivity index (χ2n) is 11.0. The summed E-state index contributed by atoms with van der Waals surface area (Å²) in [6.07, 6.45) is 0.148. The molecular weight excluding hydrogens is 532 g/mol. The molecule has 2 aromatic carbocycles. The van der Waals surface area contributed by atoms with Crippen LogP contribution >= 0.6 is 0 Å². The van der Waals surface area contributed by atoms with Crippen molar-refractivity contribution < 1.29 is 15.0 Å². The van der Waals surface area contributed by atoms with E-state index in [0.717, 1.165) is 26.2 Å². The summed E-state index contributed by atoms with van der Waals surface area (Å²) in [5.74, 6) is 1.13. The molecule has 11 heteroatoms. The minimum absolute atomic E-state index is 0.0804. The van der Waals surface area contributed by atoms with Gasteiger partial charge in [-0.15, -0.1) is 0 Å². The average Bonchev–Trinajstić information content (AvgIpc) is 3.58. The first-order valence-electron chi connectivity index (χ1n) is 14.7. The Hall–Kier alpha value is -4.06. The number of amides is 1. The molecule has 2 aliphatic rings. The van der Waals surface area contributed by atoms with Crippen molar-refractivity contribution in [2.75, 3.05) is 42.9 Å². The topological polar surface area (TPSA) is 140 Å². The maximum atomic E-state index is 12.1. The number of nitrogens with one attached hydrogen (secondary N) is 3. The molecule has 1 unspecified atom stereocenters. The molecule has 6 rings (SSSR count). The van der Waals surface area contributed by atoms with Crippen LogP contribution in [0.5, 0.6) is 0 Å². The third-order valence-electron chi connectivity index (χ3n) is 8.36. The maximum Gasteiger partial charge on any atom is 0.229 e. The summed E-state index contributed by atoms with van der Waals surface area (Å²) in [5, 5.41) is 31.6. The number of nitrogens with zero attached hydrogens (tertiary/aromatic N) is 5. The highest BCUT2D eigenvalue weighted by atomic mass is 16.3. The molecule has 11 nitrogen and oxygen atoms in total. The number of piperazine rings is 1. The minimum Gasteiger partial charge on any atom is -0.388 e. The van der Waals surface area contributed by atoms with Gasteiger partial charge in [-0.25, -0.2) is 4.98 Å². The van der Waals surface area contributed by atoms with Crippen molar-refractivity contribution in [1.82, 2.24) is 30.2 Å². The molecule has 220 valence electrons. The Morgan fingerprint density at radius 2 is 1.67 bits per heavy atom. The Morgan fingerprint density at radius 1 is 1.00 bits per heavy atom. The summed E-state index contributed by atoms with van der Waals surface area (Å²) in [6, 6.07) is 19.7. The highest BCUT2D eigenvalue weighted by molar-refractivity contribution is 5.84. The van der Waals surface area contributed by atoms with Crippen molar-refractivity contribution in [3.05, 3.63) is 78.1 Å². The smallest absolute Gasteiger partial charge is 0.229 e. The standard InChI is InChI=1S/C31H38N8O3/c1-2-25(40)35-23-17-24(28(42)27(23)41)39-19-34-26-29(36-31(37-30(26)39)38-15-13-32-14-16-38)33-18-22(20-9-5-3-6-10-20)21-11-7-4-8-12-21/h3-12,19,22-24,27-28,32,41-42H,2,13-18H2,1H3,(H,35,40)(H,33,36,37)/t23-,24?,27+,28-/m0/s1. The molecule has 42 heavy (non-hydrogen) atoms. The normalized spacial score (nSPS) is 22.5. The van der Waals surface area contributed by atoms with E-state index in [2.05, 4.69) is 69.4 Å². The number of aliphatic hydroxyl groups excluding tert-OH is 2. The zero-order valence-electron chi connectivity index (χ0n) is 23.7. The Bertz CT molecular complexity index is 1450. The molecule has 2 fully saturated rings. The summed E-state index contributed by atoms with van der Waals surface area (Å²) in [6.45, 7) is 5.55. The highest BCUT2D eigenvalue weighted by Gasteiger charge is 2.43. The fraction of sp³-hybridized carbons (Fsp3) is 0.419. The molecule has 3 heterocycles. The zero-order chi connectivity index (χ0) is 29.1. The number of imidazole rings is 1. The first-order valence-corrected chi connectivity index (χ1v) is 14.7. The predicted molar refractivity (Wildman–Crippen MR) is 162 cm³/mol. The zero-order valence-corrected chi connectivity index (χ0v) is 23.7. The number of rotatable bonds is 9. The fourth-order valence-electron chi connectivity index (χ4n) is 6.01. The molecule has 0 radical (unpaired) electrons. The van der Waals surface area contributed by atoms with Gasteiger partial charge in [0.05, 0.1) is 18.4 Å². The van der Waals surface area contributed by atoms with Crippen LogP contribution in [0.1, 0.15) is 42.9 Å². The highest BCUT2D eigenvalue weighted by Crippen LogP contribution is 2.35. The van der Waals surface area contributed by atoms with Crippen molar-refractivity contribution in [2.45, 2.75) is 50.0 Å². The number of anilines is 2. The van der Waals surface area contributed by atoms with E-state index in [0.29, 0.717) is 42.3 Å². The van der Waals surface area contributed by atoms with E-state index in [4.69, 9.17) is 15.0 Å². The third kappa shape index (κ3) is 5.67. The lowest BCUT2D eigenvalue weighted by Crippen LogP contribution is -2.44. The van der Waals surface area contributed by atoms with Crippen LogP contribution in [0.3, 0.4) is 0 Å². The minimum atomic E-state index is -1.09. The van der Waals surface area contributed by atoms with Gasteiger partial charge in [-0.2, -0.15) is 9.97 Å². The fourth-order valence-corrected chi connectivity index (χ4v) is 6.01. The van der Waals surface area contributed by atoms with E-state index in [1.807, 2.05) is 16.7 Å². The monoisotopic (exact) mass is 570 g/mol. The van der Waals surface area contributed by atoms with E-state index in [-0.39, 0.29) is 11.8 Å². The number of carbonyl (C=O) groups is 1. The van der Waals surface area contributed by atoms with Crippen molar-refractivity contribution in [3.8, 4) is 0 Å². The molecule has 4 aromatic rings. The summed E-state index contributed by atoms with van der Waals surface area (Å²) in [7, 11) is 0. The van der Waals surface area contributed by atoms with Gasteiger partial charge in [0.15, 0.2) is 17.0 Å². The van der Waals surface area contributed by atoms with Gasteiger partial charge in [0.2, 0.25) is 11.9 Å². The van der Waals surface area contributed by atoms with Crippen molar-refractivity contribution in [1.29, 1.82) is 0 Å². The average molecular weight is 571 g/mol. The van der Waals surface area contributed by atoms with Gasteiger partial charge >= 0.3 is 0 Å². The van der Waals surface area contributed by atoms with Gasteiger partial charge in [-0.05, 0) is 17.5 Å². The van der Waals surface area contributed by atoms with Gasteiger partial charge in [0.1, 0.15) is 12.2 Å². The predicted octanol–water partition coefficient (Wildman–Crippen LogP) is 2.04. The van der Waals surface area contributed by atoms with Crippen LogP contribution < -0.4 is 20.9 Å². The van der Waals surface area contributed by atoms with Crippen LogP contribution in [0.4, 0.5) is 11.8 Å². The Morgan fingerprint density at radius 3 is 2.31 bits per heavy atom. The molecule has 5 N–H and O–H groups in total. The molecule has 2 aromatic heterocycles. The second kappa shape index (κ2) is 12.4. The molecule has 0 spiro atoms. The largest absolute Gasteiger partial charge is 0.388 e. The molecule has 4 atom stereocenters. The summed E-state index contributed by atoms with van der Waals surface area (Å²) in [5.41, 5.74) is 3.56. The first kappa shape index (κ1) is 28.1.